The molecule has 7 heteroatoms. The molecule has 2 fully saturated rings. The lowest BCUT2D eigenvalue weighted by molar-refractivity contribution is 0.0747. The van der Waals surface area contributed by atoms with Crippen molar-refractivity contribution in [2.45, 2.75) is 6.10 Å². The van der Waals surface area contributed by atoms with Crippen LogP contribution in [-0.4, -0.2) is 99.4 Å². The Morgan fingerprint density at radius 1 is 0.788 bits per heavy atom. The van der Waals surface area contributed by atoms with Crippen LogP contribution >= 0.6 is 0 Å². The molecule has 0 amide bonds. The van der Waals surface area contributed by atoms with Gasteiger partial charge >= 0.3 is 0 Å². The van der Waals surface area contributed by atoms with E-state index in [-0.39, 0.29) is 5.78 Å². The smallest absolute Gasteiger partial charge is 0.195 e. The van der Waals surface area contributed by atoms with Crippen LogP contribution in [0.25, 0.3) is 0 Å². The number of nitrogens with zero attached hydrogens (tertiary/aromatic N) is 2. The molecule has 1 unspecified atom stereocenters. The van der Waals surface area contributed by atoms with E-state index < -0.39 is 6.10 Å². The Morgan fingerprint density at radius 3 is 1.73 bits per heavy atom. The van der Waals surface area contributed by atoms with Crippen molar-refractivity contribution >= 4 is 5.78 Å². The highest BCUT2D eigenvalue weighted by molar-refractivity contribution is 5.99. The van der Waals surface area contributed by atoms with Gasteiger partial charge in [-0.05, 0) is 5.56 Å². The van der Waals surface area contributed by atoms with Crippen molar-refractivity contribution < 1.29 is 14.6 Å². The molecule has 2 aliphatic heterocycles. The number of carbonyl (C=O) groups excluding carboxylic acids is 1. The van der Waals surface area contributed by atoms with Crippen molar-refractivity contribution in [3.63, 3.8) is 0 Å². The maximum absolute atomic E-state index is 11.9. The molecule has 4 rings (SSSR count). The second-order valence-corrected chi connectivity index (χ2v) is 8.34. The quantitative estimate of drug-likeness (QED) is 0.391. The number of hydrogen-bond acceptors (Lipinski definition) is 7. The van der Waals surface area contributed by atoms with Gasteiger partial charge in [0.15, 0.2) is 5.78 Å². The van der Waals surface area contributed by atoms with E-state index in [0.717, 1.165) is 52.5 Å². The third-order valence-electron chi connectivity index (χ3n) is 5.94. The van der Waals surface area contributed by atoms with E-state index in [1.54, 1.807) is 48.5 Å². The summed E-state index contributed by atoms with van der Waals surface area (Å²) < 4.78 is 5.71. The molecule has 0 aromatic heterocycles. The molecule has 2 aliphatic rings. The van der Waals surface area contributed by atoms with E-state index >= 15 is 0 Å². The SMILES string of the molecule is C1CN(CCOCCN2CCNCC2)CCN1.O=C(c1ccccc1)C(O)c1ccccc1. The summed E-state index contributed by atoms with van der Waals surface area (Å²) >= 11 is 0. The Kier molecular flexibility index (Phi) is 11.5. The Balaban J connectivity index is 0.000000186. The summed E-state index contributed by atoms with van der Waals surface area (Å²) in [5.74, 6) is -0.271. The number of carbonyl (C=O) groups is 1. The molecule has 7 nitrogen and oxygen atoms in total. The van der Waals surface area contributed by atoms with Gasteiger partial charge in [0.25, 0.3) is 0 Å². The topological polar surface area (TPSA) is 77.1 Å². The number of nitrogens with one attached hydrogen (secondary N) is 2. The highest BCUT2D eigenvalue weighted by Crippen LogP contribution is 2.17. The van der Waals surface area contributed by atoms with E-state index in [1.807, 2.05) is 12.1 Å². The second-order valence-electron chi connectivity index (χ2n) is 8.34. The third kappa shape index (κ3) is 9.33. The minimum atomic E-state index is -1.08. The highest BCUT2D eigenvalue weighted by atomic mass is 16.5. The number of aliphatic hydroxyl groups excluding tert-OH is 1. The van der Waals surface area contributed by atoms with Gasteiger partial charge in [-0.2, -0.15) is 0 Å². The number of Topliss-reactive ketones (excluding diaryl/α,β-unsaturated/α-hetero) is 1. The molecule has 0 saturated carbocycles. The van der Waals surface area contributed by atoms with E-state index in [0.29, 0.717) is 11.1 Å². The van der Waals surface area contributed by atoms with Crippen LogP contribution in [0.5, 0.6) is 0 Å². The first-order valence-electron chi connectivity index (χ1n) is 12.0. The number of piperazine rings is 2. The van der Waals surface area contributed by atoms with E-state index in [9.17, 15) is 9.90 Å². The Bertz CT molecular complexity index is 759. The molecule has 0 bridgehead atoms. The number of aliphatic hydroxyl groups is 1. The average molecular weight is 455 g/mol. The summed E-state index contributed by atoms with van der Waals surface area (Å²) in [7, 11) is 0. The molecule has 0 spiro atoms. The normalized spacial score (nSPS) is 18.2. The fourth-order valence-corrected chi connectivity index (χ4v) is 3.91. The molecular formula is C26H38N4O3. The predicted molar refractivity (Wildman–Crippen MR) is 132 cm³/mol. The molecule has 180 valence electrons. The zero-order valence-electron chi connectivity index (χ0n) is 19.5. The number of benzene rings is 2. The van der Waals surface area contributed by atoms with Gasteiger partial charge in [0.1, 0.15) is 6.10 Å². The molecule has 2 aromatic carbocycles. The summed E-state index contributed by atoms with van der Waals surface area (Å²) in [4.78, 5) is 16.8. The number of ether oxygens (including phenoxy) is 1. The molecule has 0 radical (unpaired) electrons. The van der Waals surface area contributed by atoms with Crippen molar-refractivity contribution in [2.24, 2.45) is 0 Å². The fourth-order valence-electron chi connectivity index (χ4n) is 3.91. The van der Waals surface area contributed by atoms with Crippen molar-refractivity contribution in [3.05, 3.63) is 71.8 Å². The van der Waals surface area contributed by atoms with Gasteiger partial charge in [0.2, 0.25) is 0 Å². The van der Waals surface area contributed by atoms with Crippen molar-refractivity contribution in [1.82, 2.24) is 20.4 Å². The van der Waals surface area contributed by atoms with Gasteiger partial charge in [-0.25, -0.2) is 0 Å². The molecule has 2 heterocycles. The molecular weight excluding hydrogens is 416 g/mol. The number of hydrogen-bond donors (Lipinski definition) is 3. The molecule has 2 saturated heterocycles. The lowest BCUT2D eigenvalue weighted by Crippen LogP contribution is -2.45. The Labute approximate surface area is 197 Å². The number of ketones is 1. The molecule has 0 aliphatic carbocycles. The molecule has 33 heavy (non-hydrogen) atoms. The van der Waals surface area contributed by atoms with Gasteiger partial charge in [-0.1, -0.05) is 60.7 Å². The van der Waals surface area contributed by atoms with Crippen LogP contribution in [0, 0.1) is 0 Å². The zero-order valence-corrected chi connectivity index (χ0v) is 19.5. The minimum absolute atomic E-state index is 0.271. The lowest BCUT2D eigenvalue weighted by atomic mass is 10.0. The predicted octanol–water partition coefficient (Wildman–Crippen LogP) is 1.42. The van der Waals surface area contributed by atoms with Crippen molar-refractivity contribution in [1.29, 1.82) is 0 Å². The van der Waals surface area contributed by atoms with E-state index in [2.05, 4.69) is 20.4 Å². The lowest BCUT2D eigenvalue weighted by Gasteiger charge is -2.28. The van der Waals surface area contributed by atoms with Gasteiger partial charge in [0.05, 0.1) is 13.2 Å². The van der Waals surface area contributed by atoms with Gasteiger partial charge < -0.3 is 20.5 Å². The van der Waals surface area contributed by atoms with Crippen LogP contribution in [0.3, 0.4) is 0 Å². The van der Waals surface area contributed by atoms with Crippen LogP contribution in [-0.2, 0) is 4.74 Å². The molecule has 3 N–H and O–H groups in total. The summed E-state index contributed by atoms with van der Waals surface area (Å²) in [5, 5.41) is 16.6. The van der Waals surface area contributed by atoms with E-state index in [1.165, 1.54) is 26.2 Å². The van der Waals surface area contributed by atoms with Crippen LogP contribution in [0.15, 0.2) is 60.7 Å². The van der Waals surface area contributed by atoms with Crippen LogP contribution < -0.4 is 10.6 Å². The molecule has 1 atom stereocenters. The van der Waals surface area contributed by atoms with Crippen LogP contribution in [0.4, 0.5) is 0 Å². The largest absolute Gasteiger partial charge is 0.380 e. The third-order valence-corrected chi connectivity index (χ3v) is 5.94. The average Bonchev–Trinajstić information content (AvgIpc) is 2.90. The maximum Gasteiger partial charge on any atom is 0.195 e. The fraction of sp³-hybridized carbons (Fsp3) is 0.500. The summed E-state index contributed by atoms with van der Waals surface area (Å²) in [6.07, 6.45) is -1.08. The monoisotopic (exact) mass is 454 g/mol. The van der Waals surface area contributed by atoms with Gasteiger partial charge in [0, 0.05) is 71.0 Å². The summed E-state index contributed by atoms with van der Waals surface area (Å²) in [6, 6.07) is 17.7. The van der Waals surface area contributed by atoms with E-state index in [4.69, 9.17) is 4.74 Å². The Hall–Kier alpha value is -2.13. The first-order valence-corrected chi connectivity index (χ1v) is 12.0. The first kappa shape index (κ1) is 25.5. The highest BCUT2D eigenvalue weighted by Gasteiger charge is 2.18. The van der Waals surface area contributed by atoms with Gasteiger partial charge in [-0.3, -0.25) is 14.6 Å². The standard InChI is InChI=1S/C14H12O2.C12H26N4O/c15-13(11-7-3-1-4-8-11)14(16)12-9-5-2-6-10-12;1-5-15(6-2-13-1)9-11-17-12-10-16-7-3-14-4-8-16/h1-10,13,15H;13-14H,1-12H2. The maximum atomic E-state index is 11.9. The van der Waals surface area contributed by atoms with Crippen molar-refractivity contribution in [3.8, 4) is 0 Å². The van der Waals surface area contributed by atoms with Crippen LogP contribution in [0.1, 0.15) is 22.0 Å². The van der Waals surface area contributed by atoms with Crippen LogP contribution in [0.2, 0.25) is 0 Å². The first-order chi connectivity index (χ1) is 16.2. The zero-order chi connectivity index (χ0) is 23.1. The van der Waals surface area contributed by atoms with Crippen molar-refractivity contribution in [2.75, 3.05) is 78.7 Å². The minimum Gasteiger partial charge on any atom is -0.380 e. The molecule has 2 aromatic rings. The summed E-state index contributed by atoms with van der Waals surface area (Å²) in [5.41, 5.74) is 1.15. The Morgan fingerprint density at radius 2 is 1.24 bits per heavy atom. The summed E-state index contributed by atoms with van der Waals surface area (Å²) in [6.45, 7) is 13.1. The van der Waals surface area contributed by atoms with Gasteiger partial charge in [-0.15, -0.1) is 0 Å². The number of rotatable bonds is 9. The second kappa shape index (κ2) is 14.9.